The summed E-state index contributed by atoms with van der Waals surface area (Å²) in [5, 5.41) is 8.94. The van der Waals surface area contributed by atoms with Gasteiger partial charge in [0, 0.05) is 5.69 Å². The minimum atomic E-state index is -2.50. The Morgan fingerprint density at radius 3 is 2.18 bits per heavy atom. The summed E-state index contributed by atoms with van der Waals surface area (Å²) in [6, 6.07) is 2.72. The minimum absolute atomic E-state index is 0.152. The first-order valence-corrected chi connectivity index (χ1v) is 3.26. The molecule has 11 heavy (non-hydrogen) atoms. The monoisotopic (exact) mass is 161 g/mol. The molecule has 1 heterocycles. The molecule has 1 atom stereocenters. The fourth-order valence-corrected chi connectivity index (χ4v) is 0.801. The summed E-state index contributed by atoms with van der Waals surface area (Å²) >= 11 is 0. The zero-order valence-corrected chi connectivity index (χ0v) is 6.01. The lowest BCUT2D eigenvalue weighted by molar-refractivity contribution is 0.145. The molecule has 4 heteroatoms. The van der Waals surface area contributed by atoms with E-state index in [2.05, 4.69) is 4.98 Å². The molecule has 0 amide bonds. The molecule has 2 nitrogen and oxygen atoms in total. The van der Waals surface area contributed by atoms with Crippen LogP contribution in [0.1, 0.15) is 30.8 Å². The normalized spacial score (nSPS) is 13.9. The van der Waals surface area contributed by atoms with Gasteiger partial charge in [-0.25, -0.2) is 8.78 Å². The van der Waals surface area contributed by atoms with Crippen LogP contribution in [0.2, 0.25) is 0 Å². The average molecular weight is 161 g/mol. The second-order valence-corrected chi connectivity index (χ2v) is 2.35. The molecule has 0 aliphatic rings. The Bertz CT molecular complexity index is 210. The molecule has 0 radical (unpaired) electrons. The van der Waals surface area contributed by atoms with Gasteiger partial charge in [0.1, 0.15) is 0 Å². The van der Waals surface area contributed by atoms with Crippen molar-refractivity contribution in [1.82, 2.24) is 4.98 Å². The SMILES string of the molecule is C[C@H](O)c1ccc(C(F)F)[nH]1. The molecule has 0 saturated heterocycles. The van der Waals surface area contributed by atoms with Crippen LogP contribution in [0, 0.1) is 0 Å². The van der Waals surface area contributed by atoms with Crippen LogP contribution in [-0.4, -0.2) is 10.1 Å². The summed E-state index contributed by atoms with van der Waals surface area (Å²) < 4.78 is 23.9. The standard InChI is InChI=1S/C7H9F2NO/c1-4(11)5-2-3-6(10-5)7(8)9/h2-4,7,10-11H,1H3/t4-/m0/s1. The number of hydrogen-bond donors (Lipinski definition) is 2. The Morgan fingerprint density at radius 2 is 1.91 bits per heavy atom. The van der Waals surface area contributed by atoms with Crippen molar-refractivity contribution in [2.45, 2.75) is 19.5 Å². The van der Waals surface area contributed by atoms with Crippen molar-refractivity contribution in [3.05, 3.63) is 23.5 Å². The third-order valence-corrected chi connectivity index (χ3v) is 1.42. The predicted molar refractivity (Wildman–Crippen MR) is 36.4 cm³/mol. The highest BCUT2D eigenvalue weighted by atomic mass is 19.3. The Balaban J connectivity index is 2.82. The van der Waals surface area contributed by atoms with Gasteiger partial charge >= 0.3 is 0 Å². The van der Waals surface area contributed by atoms with Gasteiger partial charge in [0.05, 0.1) is 11.8 Å². The summed E-state index contributed by atoms with van der Waals surface area (Å²) in [5.41, 5.74) is 0.265. The topological polar surface area (TPSA) is 36.0 Å². The second-order valence-electron chi connectivity index (χ2n) is 2.35. The Hall–Kier alpha value is -0.900. The van der Waals surface area contributed by atoms with Crippen LogP contribution in [-0.2, 0) is 0 Å². The van der Waals surface area contributed by atoms with Crippen LogP contribution < -0.4 is 0 Å². The van der Waals surface area contributed by atoms with E-state index in [0.29, 0.717) is 5.69 Å². The number of alkyl halides is 2. The molecule has 0 aliphatic carbocycles. The van der Waals surface area contributed by atoms with Crippen molar-refractivity contribution in [2.24, 2.45) is 0 Å². The Morgan fingerprint density at radius 1 is 1.36 bits per heavy atom. The summed E-state index contributed by atoms with van der Waals surface area (Å²) in [5.74, 6) is 0. The number of nitrogens with one attached hydrogen (secondary N) is 1. The van der Waals surface area contributed by atoms with Crippen LogP contribution in [0.5, 0.6) is 0 Å². The Kier molecular flexibility index (Phi) is 2.24. The lowest BCUT2D eigenvalue weighted by Gasteiger charge is -1.99. The molecule has 2 N–H and O–H groups in total. The highest BCUT2D eigenvalue weighted by Crippen LogP contribution is 2.19. The largest absolute Gasteiger partial charge is 0.387 e. The van der Waals surface area contributed by atoms with E-state index in [4.69, 9.17) is 5.11 Å². The Labute approximate surface area is 62.9 Å². The van der Waals surface area contributed by atoms with Crippen molar-refractivity contribution >= 4 is 0 Å². The fraction of sp³-hybridized carbons (Fsp3) is 0.429. The summed E-state index contributed by atoms with van der Waals surface area (Å²) in [6.45, 7) is 1.51. The number of aromatic nitrogens is 1. The van der Waals surface area contributed by atoms with E-state index in [9.17, 15) is 8.78 Å². The number of aromatic amines is 1. The molecule has 1 aromatic heterocycles. The molecular formula is C7H9F2NO. The van der Waals surface area contributed by atoms with E-state index in [0.717, 1.165) is 0 Å². The second kappa shape index (κ2) is 3.00. The maximum Gasteiger partial charge on any atom is 0.278 e. The van der Waals surface area contributed by atoms with Crippen LogP contribution in [0.25, 0.3) is 0 Å². The van der Waals surface area contributed by atoms with Crippen LogP contribution in [0.4, 0.5) is 8.78 Å². The van der Waals surface area contributed by atoms with Gasteiger partial charge in [0.2, 0.25) is 0 Å². The van der Waals surface area contributed by atoms with Gasteiger partial charge in [0.25, 0.3) is 6.43 Å². The zero-order valence-electron chi connectivity index (χ0n) is 6.01. The fourth-order valence-electron chi connectivity index (χ4n) is 0.801. The van der Waals surface area contributed by atoms with Crippen molar-refractivity contribution in [1.29, 1.82) is 0 Å². The third-order valence-electron chi connectivity index (χ3n) is 1.42. The third kappa shape index (κ3) is 1.77. The maximum absolute atomic E-state index is 11.9. The van der Waals surface area contributed by atoms with Gasteiger partial charge in [-0.2, -0.15) is 0 Å². The first kappa shape index (κ1) is 8.20. The number of hydrogen-bond acceptors (Lipinski definition) is 1. The van der Waals surface area contributed by atoms with Gasteiger partial charge in [-0.05, 0) is 19.1 Å². The smallest absolute Gasteiger partial charge is 0.278 e. The molecule has 1 aromatic rings. The van der Waals surface area contributed by atoms with Gasteiger partial charge in [0.15, 0.2) is 0 Å². The average Bonchev–Trinajstić information content (AvgIpc) is 2.33. The summed E-state index contributed by atoms with van der Waals surface area (Å²) in [4.78, 5) is 2.41. The van der Waals surface area contributed by atoms with E-state index >= 15 is 0 Å². The number of halogens is 2. The summed E-state index contributed by atoms with van der Waals surface area (Å²) in [7, 11) is 0. The molecule has 1 rings (SSSR count). The maximum atomic E-state index is 11.9. The minimum Gasteiger partial charge on any atom is -0.387 e. The first-order chi connectivity index (χ1) is 5.11. The van der Waals surface area contributed by atoms with Crippen LogP contribution >= 0.6 is 0 Å². The van der Waals surface area contributed by atoms with Crippen molar-refractivity contribution < 1.29 is 13.9 Å². The van der Waals surface area contributed by atoms with Crippen molar-refractivity contribution in [3.63, 3.8) is 0 Å². The molecule has 0 spiro atoms. The molecule has 62 valence electrons. The predicted octanol–water partition coefficient (Wildman–Crippen LogP) is 2.01. The lowest BCUT2D eigenvalue weighted by Crippen LogP contribution is -1.91. The highest BCUT2D eigenvalue weighted by molar-refractivity contribution is 5.15. The number of aliphatic hydroxyl groups excluding tert-OH is 1. The molecule has 0 aromatic carbocycles. The number of aliphatic hydroxyl groups is 1. The van der Waals surface area contributed by atoms with Gasteiger partial charge in [-0.1, -0.05) is 0 Å². The van der Waals surface area contributed by atoms with Gasteiger partial charge < -0.3 is 10.1 Å². The van der Waals surface area contributed by atoms with Crippen LogP contribution in [0.3, 0.4) is 0 Å². The quantitative estimate of drug-likeness (QED) is 0.683. The molecule has 0 aliphatic heterocycles. The van der Waals surface area contributed by atoms with Crippen molar-refractivity contribution in [3.8, 4) is 0 Å². The van der Waals surface area contributed by atoms with E-state index in [1.165, 1.54) is 19.1 Å². The van der Waals surface area contributed by atoms with Gasteiger partial charge in [-0.3, -0.25) is 0 Å². The van der Waals surface area contributed by atoms with Gasteiger partial charge in [-0.15, -0.1) is 0 Å². The number of rotatable bonds is 2. The summed E-state index contributed by atoms with van der Waals surface area (Å²) in [6.07, 6.45) is -3.22. The van der Waals surface area contributed by atoms with E-state index in [1.54, 1.807) is 0 Å². The lowest BCUT2D eigenvalue weighted by atomic mass is 10.3. The van der Waals surface area contributed by atoms with E-state index in [1.807, 2.05) is 0 Å². The molecule has 0 saturated carbocycles. The van der Waals surface area contributed by atoms with E-state index in [-0.39, 0.29) is 5.69 Å². The van der Waals surface area contributed by atoms with E-state index < -0.39 is 12.5 Å². The molecule has 0 unspecified atom stereocenters. The molecular weight excluding hydrogens is 152 g/mol. The van der Waals surface area contributed by atoms with Crippen molar-refractivity contribution in [2.75, 3.05) is 0 Å². The zero-order chi connectivity index (χ0) is 8.43. The highest BCUT2D eigenvalue weighted by Gasteiger charge is 2.10. The molecule has 0 bridgehead atoms. The van der Waals surface area contributed by atoms with Crippen LogP contribution in [0.15, 0.2) is 12.1 Å². The number of H-pyrrole nitrogens is 1. The first-order valence-electron chi connectivity index (χ1n) is 3.26. The molecule has 0 fully saturated rings.